The number of rotatable bonds is 9. The first-order valence-corrected chi connectivity index (χ1v) is 10.0. The van der Waals surface area contributed by atoms with Gasteiger partial charge in [-0.2, -0.15) is 0 Å². The summed E-state index contributed by atoms with van der Waals surface area (Å²) in [7, 11) is 3.36. The maximum absolute atomic E-state index is 6.11. The number of nitrogens with two attached hydrogens (primary N) is 1. The van der Waals surface area contributed by atoms with Gasteiger partial charge in [-0.1, -0.05) is 20.8 Å². The summed E-state index contributed by atoms with van der Waals surface area (Å²) in [5.41, 5.74) is 1.72. The monoisotopic (exact) mass is 364 g/mol. The molecule has 0 saturated carbocycles. The van der Waals surface area contributed by atoms with E-state index in [0.29, 0.717) is 11.3 Å². The highest BCUT2D eigenvalue weighted by Crippen LogP contribution is 2.47. The summed E-state index contributed by atoms with van der Waals surface area (Å²) in [6.45, 7) is 12.3. The van der Waals surface area contributed by atoms with Crippen LogP contribution in [0.1, 0.15) is 58.9 Å². The average molecular weight is 365 g/mol. The molecule has 1 aromatic carbocycles. The van der Waals surface area contributed by atoms with E-state index in [1.54, 1.807) is 14.2 Å². The summed E-state index contributed by atoms with van der Waals surface area (Å²) in [5.74, 6) is 2.28. The molecule has 148 valence electrons. The normalized spacial score (nSPS) is 26.1. The van der Waals surface area contributed by atoms with Gasteiger partial charge in [0.15, 0.2) is 11.5 Å². The number of benzene rings is 1. The van der Waals surface area contributed by atoms with E-state index in [0.717, 1.165) is 37.6 Å². The van der Waals surface area contributed by atoms with Gasteiger partial charge in [-0.05, 0) is 55.7 Å². The van der Waals surface area contributed by atoms with E-state index >= 15 is 0 Å². The second-order valence-corrected chi connectivity index (χ2v) is 8.32. The van der Waals surface area contributed by atoms with Crippen LogP contribution in [0.5, 0.6) is 11.5 Å². The van der Waals surface area contributed by atoms with Crippen LogP contribution in [0.15, 0.2) is 18.2 Å². The van der Waals surface area contributed by atoms with Crippen molar-refractivity contribution in [2.24, 2.45) is 11.3 Å². The van der Waals surface area contributed by atoms with Gasteiger partial charge < -0.3 is 19.5 Å². The second kappa shape index (κ2) is 9.09. The molecule has 26 heavy (non-hydrogen) atoms. The van der Waals surface area contributed by atoms with Gasteiger partial charge in [-0.3, -0.25) is 0 Å². The first kappa shape index (κ1) is 21.0. The van der Waals surface area contributed by atoms with Crippen LogP contribution in [-0.4, -0.2) is 33.0 Å². The lowest BCUT2D eigenvalue weighted by Gasteiger charge is -2.48. The molecule has 4 heteroatoms. The molecule has 0 radical (unpaired) electrons. The fourth-order valence-electron chi connectivity index (χ4n) is 4.27. The minimum absolute atomic E-state index is 0.0475. The molecule has 2 rings (SSSR count). The Bertz CT molecular complexity index is 575. The topological polar surface area (TPSA) is 44.3 Å². The lowest BCUT2D eigenvalue weighted by atomic mass is 9.64. The smallest absolute Gasteiger partial charge is 0.161 e. The van der Waals surface area contributed by atoms with Gasteiger partial charge in [0.2, 0.25) is 0 Å². The van der Waals surface area contributed by atoms with Crippen molar-refractivity contribution in [2.75, 3.05) is 27.4 Å². The molecule has 1 saturated heterocycles. The highest BCUT2D eigenvalue weighted by Gasteiger charge is 2.44. The summed E-state index contributed by atoms with van der Waals surface area (Å²) in [6.07, 6.45) is 4.70. The van der Waals surface area contributed by atoms with Gasteiger partial charge in [-0.15, -0.1) is 0 Å². The predicted octanol–water partition coefficient (Wildman–Crippen LogP) is 3.78. The first-order chi connectivity index (χ1) is 12.4. The minimum atomic E-state index is 0.0475. The molecule has 1 aromatic rings. The van der Waals surface area contributed by atoms with Crippen molar-refractivity contribution >= 4 is 0 Å². The molecule has 0 amide bonds. The summed E-state index contributed by atoms with van der Waals surface area (Å²) in [4.78, 5) is 0. The summed E-state index contributed by atoms with van der Waals surface area (Å²) >= 11 is 0. The Labute approximate surface area is 159 Å². The molecule has 0 unspecified atom stereocenters. The van der Waals surface area contributed by atoms with Crippen LogP contribution in [0.4, 0.5) is 0 Å². The summed E-state index contributed by atoms with van der Waals surface area (Å²) < 4.78 is 16.8. The molecule has 1 aliphatic heterocycles. The van der Waals surface area contributed by atoms with Gasteiger partial charge in [0.05, 0.1) is 26.4 Å². The van der Waals surface area contributed by atoms with Crippen LogP contribution in [0.2, 0.25) is 0 Å². The second-order valence-electron chi connectivity index (χ2n) is 8.32. The number of hydrogen-bond acceptors (Lipinski definition) is 3. The molecule has 2 atom stereocenters. The van der Waals surface area contributed by atoms with Crippen LogP contribution in [0.25, 0.3) is 0 Å². The number of ether oxygens (including phenoxy) is 3. The van der Waals surface area contributed by atoms with Crippen LogP contribution in [0, 0.1) is 11.3 Å². The highest BCUT2D eigenvalue weighted by atomic mass is 16.5. The third-order valence-electron chi connectivity index (χ3n) is 6.42. The first-order valence-electron chi connectivity index (χ1n) is 10.0. The summed E-state index contributed by atoms with van der Waals surface area (Å²) in [5, 5.41) is 2.42. The van der Waals surface area contributed by atoms with E-state index in [1.807, 2.05) is 6.07 Å². The van der Waals surface area contributed by atoms with Crippen molar-refractivity contribution in [3.63, 3.8) is 0 Å². The van der Waals surface area contributed by atoms with Gasteiger partial charge in [-0.25, -0.2) is 0 Å². The minimum Gasteiger partial charge on any atom is -0.493 e. The molecule has 1 aliphatic rings. The molecular weight excluding hydrogens is 326 g/mol. The van der Waals surface area contributed by atoms with Crippen molar-refractivity contribution in [2.45, 2.75) is 65.5 Å². The zero-order valence-corrected chi connectivity index (χ0v) is 17.6. The average Bonchev–Trinajstić information content (AvgIpc) is 2.65. The highest BCUT2D eigenvalue weighted by molar-refractivity contribution is 5.42. The maximum atomic E-state index is 6.11. The third kappa shape index (κ3) is 4.92. The Balaban J connectivity index is 1.92. The largest absolute Gasteiger partial charge is 0.493 e. The lowest BCUT2D eigenvalue weighted by molar-refractivity contribution is -0.672. The maximum Gasteiger partial charge on any atom is 0.161 e. The molecule has 0 bridgehead atoms. The van der Waals surface area contributed by atoms with E-state index in [9.17, 15) is 0 Å². The molecule has 2 N–H and O–H groups in total. The SMILES string of the molecule is CC[C@]1(C)C[C@@](CC[NH2+]Cc2ccc(OC)c(OC)c2)(C(C)C)CCO1. The Morgan fingerprint density at radius 1 is 1.19 bits per heavy atom. The molecular formula is C22H38NO3+. The van der Waals surface area contributed by atoms with Crippen molar-refractivity contribution in [3.05, 3.63) is 23.8 Å². The van der Waals surface area contributed by atoms with E-state index in [2.05, 4.69) is 45.1 Å². The van der Waals surface area contributed by atoms with Crippen LogP contribution in [-0.2, 0) is 11.3 Å². The number of methoxy groups -OCH3 is 2. The van der Waals surface area contributed by atoms with Gasteiger partial charge in [0.1, 0.15) is 6.54 Å². The molecule has 0 aromatic heterocycles. The van der Waals surface area contributed by atoms with Crippen molar-refractivity contribution in [3.8, 4) is 11.5 Å². The number of hydrogen-bond donors (Lipinski definition) is 1. The number of quaternary nitrogens is 1. The molecule has 0 spiro atoms. The lowest BCUT2D eigenvalue weighted by Crippen LogP contribution is -2.83. The van der Waals surface area contributed by atoms with Crippen molar-refractivity contribution in [1.29, 1.82) is 0 Å². The molecule has 1 heterocycles. The standard InChI is InChI=1S/C22H37NO3/c1-7-21(4)16-22(17(2)3,11-13-26-21)10-12-23-15-18-8-9-19(24-5)20(14-18)25-6/h8-9,14,17,23H,7,10-13,15-16H2,1-6H3/p+1/t21-,22+/m1/s1. The fraction of sp³-hybridized carbons (Fsp3) is 0.727. The van der Waals surface area contributed by atoms with E-state index < -0.39 is 0 Å². The van der Waals surface area contributed by atoms with Crippen LogP contribution >= 0.6 is 0 Å². The van der Waals surface area contributed by atoms with Gasteiger partial charge in [0.25, 0.3) is 0 Å². The Kier molecular flexibility index (Phi) is 7.36. The molecule has 4 nitrogen and oxygen atoms in total. The van der Waals surface area contributed by atoms with Gasteiger partial charge in [0, 0.05) is 18.6 Å². The van der Waals surface area contributed by atoms with Gasteiger partial charge >= 0.3 is 0 Å². The van der Waals surface area contributed by atoms with Crippen LogP contribution < -0.4 is 14.8 Å². The summed E-state index contributed by atoms with van der Waals surface area (Å²) in [6, 6.07) is 6.19. The Morgan fingerprint density at radius 2 is 1.92 bits per heavy atom. The zero-order chi connectivity index (χ0) is 19.2. The van der Waals surface area contributed by atoms with E-state index in [4.69, 9.17) is 14.2 Å². The van der Waals surface area contributed by atoms with E-state index in [1.165, 1.54) is 24.8 Å². The van der Waals surface area contributed by atoms with E-state index in [-0.39, 0.29) is 5.60 Å². The van der Waals surface area contributed by atoms with Crippen molar-refractivity contribution < 1.29 is 19.5 Å². The zero-order valence-electron chi connectivity index (χ0n) is 17.6. The molecule has 1 fully saturated rings. The van der Waals surface area contributed by atoms with Crippen LogP contribution in [0.3, 0.4) is 0 Å². The van der Waals surface area contributed by atoms with Crippen molar-refractivity contribution in [1.82, 2.24) is 0 Å². The fourth-order valence-corrected chi connectivity index (χ4v) is 4.27. The third-order valence-corrected chi connectivity index (χ3v) is 6.42. The quantitative estimate of drug-likeness (QED) is 0.678. The molecule has 0 aliphatic carbocycles. The predicted molar refractivity (Wildman–Crippen MR) is 106 cm³/mol. The Morgan fingerprint density at radius 3 is 2.54 bits per heavy atom. The Hall–Kier alpha value is -1.26.